The van der Waals surface area contributed by atoms with Crippen molar-refractivity contribution in [2.45, 2.75) is 13.8 Å². The van der Waals surface area contributed by atoms with Gasteiger partial charge in [-0.25, -0.2) is 4.98 Å². The number of aryl methyl sites for hydroxylation is 2. The molecule has 28 heavy (non-hydrogen) atoms. The zero-order chi connectivity index (χ0) is 19.8. The zero-order valence-corrected chi connectivity index (χ0v) is 17.5. The number of aromatic nitrogens is 2. The minimum Gasteiger partial charge on any atom is -0.497 e. The number of H-pyrrole nitrogens is 1. The highest BCUT2D eigenvalue weighted by Gasteiger charge is 2.16. The van der Waals surface area contributed by atoms with E-state index >= 15 is 0 Å². The molecule has 0 saturated heterocycles. The van der Waals surface area contributed by atoms with E-state index in [9.17, 15) is 4.79 Å². The summed E-state index contributed by atoms with van der Waals surface area (Å²) >= 11 is 3.15. The van der Waals surface area contributed by atoms with Gasteiger partial charge < -0.3 is 14.5 Å². The minimum absolute atomic E-state index is 0.253. The van der Waals surface area contributed by atoms with Gasteiger partial charge >= 0.3 is 0 Å². The summed E-state index contributed by atoms with van der Waals surface area (Å²) in [4.78, 5) is 22.9. The third-order valence-electron chi connectivity index (χ3n) is 4.41. The molecule has 3 heterocycles. The van der Waals surface area contributed by atoms with Crippen molar-refractivity contribution < 1.29 is 14.3 Å². The molecule has 0 radical (unpaired) electrons. The van der Waals surface area contributed by atoms with Crippen LogP contribution in [0.5, 0.6) is 11.5 Å². The average molecular weight is 414 g/mol. The number of benzene rings is 1. The smallest absolute Gasteiger partial charge is 0.273 e. The monoisotopic (exact) mass is 413 g/mol. The van der Waals surface area contributed by atoms with Gasteiger partial charge in [-0.1, -0.05) is 0 Å². The number of amides is 1. The van der Waals surface area contributed by atoms with Crippen LogP contribution in [0.15, 0.2) is 29.6 Å². The molecule has 144 valence electrons. The number of nitrogens with one attached hydrogen (secondary N) is 2. The molecule has 0 bridgehead atoms. The number of thiophene rings is 1. The molecule has 0 aliphatic rings. The van der Waals surface area contributed by atoms with Crippen molar-refractivity contribution in [3.8, 4) is 22.8 Å². The number of hydrogen-bond donors (Lipinski definition) is 2. The summed E-state index contributed by atoms with van der Waals surface area (Å²) in [5.41, 5.74) is 3.17. The van der Waals surface area contributed by atoms with Gasteiger partial charge in [-0.3, -0.25) is 10.1 Å². The first kappa shape index (κ1) is 18.5. The standard InChI is InChI=1S/C20H19N3O3S2/c1-10-5-14(11(2)28-10)16-9-27-20(22-16)23-19(24)15-7-12-6-13(25-3)8-17(26-4)18(12)21-15/h5-9,21H,1-4H3,(H,22,23,24). The average Bonchev–Trinajstić information content (AvgIpc) is 3.38. The lowest BCUT2D eigenvalue weighted by molar-refractivity contribution is 0.102. The molecule has 0 spiro atoms. The molecule has 4 aromatic rings. The Labute approximate surface area is 170 Å². The molecule has 0 saturated carbocycles. The lowest BCUT2D eigenvalue weighted by Gasteiger charge is -2.05. The molecular formula is C20H19N3O3S2. The highest BCUT2D eigenvalue weighted by molar-refractivity contribution is 7.14. The Bertz CT molecular complexity index is 1170. The molecule has 6 nitrogen and oxygen atoms in total. The Morgan fingerprint density at radius 1 is 1.14 bits per heavy atom. The Balaban J connectivity index is 1.60. The van der Waals surface area contributed by atoms with Crippen molar-refractivity contribution in [3.05, 3.63) is 45.1 Å². The van der Waals surface area contributed by atoms with Crippen LogP contribution in [0.2, 0.25) is 0 Å². The molecule has 1 amide bonds. The number of fused-ring (bicyclic) bond motifs is 1. The molecular weight excluding hydrogens is 394 g/mol. The number of aromatic amines is 1. The normalized spacial score (nSPS) is 11.0. The number of rotatable bonds is 5. The van der Waals surface area contributed by atoms with Crippen molar-refractivity contribution in [1.29, 1.82) is 0 Å². The summed E-state index contributed by atoms with van der Waals surface area (Å²) in [6, 6.07) is 7.53. The van der Waals surface area contributed by atoms with E-state index in [0.717, 1.165) is 22.2 Å². The third kappa shape index (κ3) is 3.36. The van der Waals surface area contributed by atoms with Crippen molar-refractivity contribution >= 4 is 44.6 Å². The minimum atomic E-state index is -0.253. The SMILES string of the molecule is COc1cc(OC)c2[nH]c(C(=O)Nc3nc(-c4cc(C)sc4C)cs3)cc2c1. The highest BCUT2D eigenvalue weighted by atomic mass is 32.1. The van der Waals surface area contributed by atoms with Crippen LogP contribution in [0.4, 0.5) is 5.13 Å². The largest absolute Gasteiger partial charge is 0.497 e. The van der Waals surface area contributed by atoms with Gasteiger partial charge in [-0.15, -0.1) is 22.7 Å². The summed E-state index contributed by atoms with van der Waals surface area (Å²) < 4.78 is 10.7. The predicted molar refractivity (Wildman–Crippen MR) is 114 cm³/mol. The topological polar surface area (TPSA) is 76.2 Å². The Kier molecular flexibility index (Phi) is 4.82. The lowest BCUT2D eigenvalue weighted by Crippen LogP contribution is -2.11. The first-order valence-corrected chi connectivity index (χ1v) is 10.3. The van der Waals surface area contributed by atoms with E-state index < -0.39 is 0 Å². The van der Waals surface area contributed by atoms with E-state index in [-0.39, 0.29) is 5.91 Å². The van der Waals surface area contributed by atoms with Crippen LogP contribution in [0.1, 0.15) is 20.2 Å². The summed E-state index contributed by atoms with van der Waals surface area (Å²) in [5.74, 6) is 1.03. The molecule has 0 unspecified atom stereocenters. The Morgan fingerprint density at radius 2 is 1.96 bits per heavy atom. The summed E-state index contributed by atoms with van der Waals surface area (Å²) in [6.07, 6.45) is 0. The van der Waals surface area contributed by atoms with Crippen LogP contribution < -0.4 is 14.8 Å². The van der Waals surface area contributed by atoms with Crippen LogP contribution in [0.3, 0.4) is 0 Å². The number of hydrogen-bond acceptors (Lipinski definition) is 6. The first-order valence-electron chi connectivity index (χ1n) is 8.57. The molecule has 4 rings (SSSR count). The van der Waals surface area contributed by atoms with E-state index in [1.807, 2.05) is 11.4 Å². The number of methoxy groups -OCH3 is 2. The van der Waals surface area contributed by atoms with Crippen molar-refractivity contribution in [3.63, 3.8) is 0 Å². The quantitative estimate of drug-likeness (QED) is 0.469. The number of carbonyl (C=O) groups is 1. The second kappa shape index (κ2) is 7.29. The maximum atomic E-state index is 12.7. The Hall–Kier alpha value is -2.84. The molecule has 1 aromatic carbocycles. The fraction of sp³-hybridized carbons (Fsp3) is 0.200. The van der Waals surface area contributed by atoms with Gasteiger partial charge in [0.2, 0.25) is 0 Å². The third-order valence-corrected chi connectivity index (χ3v) is 6.13. The molecule has 0 atom stereocenters. The molecule has 0 fully saturated rings. The summed E-state index contributed by atoms with van der Waals surface area (Å²) in [7, 11) is 3.18. The van der Waals surface area contributed by atoms with E-state index in [2.05, 4.69) is 35.2 Å². The number of ether oxygens (including phenoxy) is 2. The van der Waals surface area contributed by atoms with Crippen molar-refractivity contribution in [1.82, 2.24) is 9.97 Å². The van der Waals surface area contributed by atoms with Crippen molar-refractivity contribution in [2.24, 2.45) is 0 Å². The van der Waals surface area contributed by atoms with Crippen molar-refractivity contribution in [2.75, 3.05) is 19.5 Å². The van der Waals surface area contributed by atoms with Gasteiger partial charge in [0, 0.05) is 32.2 Å². The molecule has 0 aliphatic heterocycles. The maximum Gasteiger partial charge on any atom is 0.273 e. The fourth-order valence-electron chi connectivity index (χ4n) is 3.09. The Morgan fingerprint density at radius 3 is 2.64 bits per heavy atom. The second-order valence-electron chi connectivity index (χ2n) is 6.30. The number of nitrogens with zero attached hydrogens (tertiary/aromatic N) is 1. The van der Waals surface area contributed by atoms with Crippen LogP contribution >= 0.6 is 22.7 Å². The van der Waals surface area contributed by atoms with Crippen LogP contribution in [0.25, 0.3) is 22.2 Å². The summed E-state index contributed by atoms with van der Waals surface area (Å²) in [5, 5.41) is 6.23. The lowest BCUT2D eigenvalue weighted by atomic mass is 10.2. The van der Waals surface area contributed by atoms with Crippen LogP contribution in [-0.2, 0) is 0 Å². The molecule has 2 N–H and O–H groups in total. The second-order valence-corrected chi connectivity index (χ2v) is 8.61. The van der Waals surface area contributed by atoms with Gasteiger partial charge in [-0.2, -0.15) is 0 Å². The molecule has 8 heteroatoms. The van der Waals surface area contributed by atoms with Gasteiger partial charge in [0.15, 0.2) is 5.13 Å². The van der Waals surface area contributed by atoms with Gasteiger partial charge in [-0.05, 0) is 32.0 Å². The predicted octanol–water partition coefficient (Wildman–Crippen LogP) is 5.24. The van der Waals surface area contributed by atoms with Gasteiger partial charge in [0.1, 0.15) is 17.2 Å². The highest BCUT2D eigenvalue weighted by Crippen LogP contribution is 2.33. The first-order chi connectivity index (χ1) is 13.5. The zero-order valence-electron chi connectivity index (χ0n) is 15.9. The van der Waals surface area contributed by atoms with E-state index in [1.165, 1.54) is 21.1 Å². The number of anilines is 1. The van der Waals surface area contributed by atoms with E-state index in [4.69, 9.17) is 9.47 Å². The molecule has 0 aliphatic carbocycles. The number of carbonyl (C=O) groups excluding carboxylic acids is 1. The van der Waals surface area contributed by atoms with E-state index in [0.29, 0.717) is 22.3 Å². The fourth-order valence-corrected chi connectivity index (χ4v) is 4.73. The number of thiazole rings is 1. The van der Waals surface area contributed by atoms with Crippen LogP contribution in [-0.4, -0.2) is 30.1 Å². The van der Waals surface area contributed by atoms with E-state index in [1.54, 1.807) is 37.7 Å². The maximum absolute atomic E-state index is 12.7. The van der Waals surface area contributed by atoms with Gasteiger partial charge in [0.05, 0.1) is 25.4 Å². The van der Waals surface area contributed by atoms with Gasteiger partial charge in [0.25, 0.3) is 5.91 Å². The molecule has 3 aromatic heterocycles. The van der Waals surface area contributed by atoms with Crippen LogP contribution in [0, 0.1) is 13.8 Å². The summed E-state index contributed by atoms with van der Waals surface area (Å²) in [6.45, 7) is 4.16.